The second-order valence-electron chi connectivity index (χ2n) is 8.98. The van der Waals surface area contributed by atoms with Gasteiger partial charge >= 0.3 is 12.1 Å². The smallest absolute Gasteiger partial charge is 0.407 e. The molecule has 1 amide bonds. The third kappa shape index (κ3) is 4.68. The predicted octanol–water partition coefficient (Wildman–Crippen LogP) is 3.99. The van der Waals surface area contributed by atoms with Crippen molar-refractivity contribution in [2.45, 2.75) is 43.9 Å². The number of carbonyl (C=O) groups is 2. The molecule has 184 valence electrons. The number of nitrogens with zero attached hydrogens (tertiary/aromatic N) is 3. The molecule has 36 heavy (non-hydrogen) atoms. The van der Waals surface area contributed by atoms with Crippen LogP contribution in [0.25, 0.3) is 11.1 Å². The third-order valence-corrected chi connectivity index (χ3v) is 6.72. The van der Waals surface area contributed by atoms with Gasteiger partial charge < -0.3 is 19.9 Å². The standard InChI is InChI=1S/C27H26N4O5/c28-14-24-17(15-31(30-24)25-11-5-6-12-35-25)13-23(26(32)33)29-27(34)36-16-22-20-9-3-1-7-18(20)19-8-2-4-10-21(19)22/h1-4,7-10,15,22-23,25H,5-6,11-13,16H2,(H,29,34)(H,32,33)/t23-,25?/m0/s1. The summed E-state index contributed by atoms with van der Waals surface area (Å²) in [7, 11) is 0. The third-order valence-electron chi connectivity index (χ3n) is 6.72. The Morgan fingerprint density at radius 3 is 2.47 bits per heavy atom. The van der Waals surface area contributed by atoms with Gasteiger partial charge in [0.05, 0.1) is 0 Å². The molecule has 1 aliphatic heterocycles. The maximum absolute atomic E-state index is 12.6. The van der Waals surface area contributed by atoms with Crippen molar-refractivity contribution in [3.05, 3.63) is 77.1 Å². The molecule has 1 fully saturated rings. The summed E-state index contributed by atoms with van der Waals surface area (Å²) >= 11 is 0. The molecule has 1 saturated heterocycles. The second kappa shape index (κ2) is 10.2. The quantitative estimate of drug-likeness (QED) is 0.517. The van der Waals surface area contributed by atoms with Gasteiger partial charge in [0.2, 0.25) is 0 Å². The van der Waals surface area contributed by atoms with E-state index in [1.54, 1.807) is 10.9 Å². The zero-order valence-corrected chi connectivity index (χ0v) is 19.6. The summed E-state index contributed by atoms with van der Waals surface area (Å²) in [5, 5.41) is 25.9. The topological polar surface area (TPSA) is 126 Å². The molecule has 2 atom stereocenters. The Bertz CT molecular complexity index is 1280. The zero-order valence-electron chi connectivity index (χ0n) is 19.6. The minimum Gasteiger partial charge on any atom is -0.480 e. The fourth-order valence-electron chi connectivity index (χ4n) is 4.96. The molecule has 2 aliphatic rings. The van der Waals surface area contributed by atoms with Crippen molar-refractivity contribution < 1.29 is 24.2 Å². The van der Waals surface area contributed by atoms with E-state index in [4.69, 9.17) is 9.47 Å². The van der Waals surface area contributed by atoms with Gasteiger partial charge in [-0.25, -0.2) is 14.3 Å². The number of alkyl carbamates (subject to hydrolysis) is 1. The Kier molecular flexibility index (Phi) is 6.69. The van der Waals surface area contributed by atoms with Crippen molar-refractivity contribution in [3.63, 3.8) is 0 Å². The highest BCUT2D eigenvalue weighted by Crippen LogP contribution is 2.44. The van der Waals surface area contributed by atoms with Crippen LogP contribution >= 0.6 is 0 Å². The highest BCUT2D eigenvalue weighted by atomic mass is 16.5. The van der Waals surface area contributed by atoms with Crippen molar-refractivity contribution in [3.8, 4) is 17.2 Å². The molecule has 2 N–H and O–H groups in total. The van der Waals surface area contributed by atoms with Gasteiger partial charge in [0, 0.05) is 30.7 Å². The summed E-state index contributed by atoms with van der Waals surface area (Å²) in [5.41, 5.74) is 4.89. The number of carbonyl (C=O) groups excluding carboxylic acids is 1. The van der Waals surface area contributed by atoms with Crippen LogP contribution in [0.15, 0.2) is 54.7 Å². The van der Waals surface area contributed by atoms with Crippen LogP contribution in [0.2, 0.25) is 0 Å². The minimum atomic E-state index is -1.28. The maximum Gasteiger partial charge on any atom is 0.407 e. The summed E-state index contributed by atoms with van der Waals surface area (Å²) in [6.45, 7) is 0.690. The SMILES string of the molecule is N#Cc1nn(C2CCCCO2)cc1C[C@H](NC(=O)OCC1c2ccccc2-c2ccccc21)C(=O)O. The van der Waals surface area contributed by atoms with E-state index in [1.807, 2.05) is 54.6 Å². The maximum atomic E-state index is 12.6. The number of ether oxygens (including phenoxy) is 2. The highest BCUT2D eigenvalue weighted by Gasteiger charge is 2.30. The number of aliphatic carboxylic acids is 1. The number of amides is 1. The first kappa shape index (κ1) is 23.6. The van der Waals surface area contributed by atoms with Crippen molar-refractivity contribution in [1.82, 2.24) is 15.1 Å². The molecule has 2 heterocycles. The van der Waals surface area contributed by atoms with E-state index in [0.717, 1.165) is 41.5 Å². The van der Waals surface area contributed by atoms with E-state index >= 15 is 0 Å². The lowest BCUT2D eigenvalue weighted by molar-refractivity contribution is -0.139. The van der Waals surface area contributed by atoms with Crippen molar-refractivity contribution in [2.75, 3.05) is 13.2 Å². The first-order chi connectivity index (χ1) is 17.5. The number of carboxylic acid groups (broad SMARTS) is 1. The summed E-state index contributed by atoms with van der Waals surface area (Å²) in [6.07, 6.45) is 3.15. The van der Waals surface area contributed by atoms with Gasteiger partial charge in [-0.05, 0) is 41.5 Å². The average molecular weight is 487 g/mol. The monoisotopic (exact) mass is 486 g/mol. The predicted molar refractivity (Wildman–Crippen MR) is 129 cm³/mol. The molecule has 1 aliphatic carbocycles. The number of fused-ring (bicyclic) bond motifs is 3. The normalized spacial score (nSPS) is 17.5. The molecule has 1 aromatic heterocycles. The van der Waals surface area contributed by atoms with Crippen LogP contribution in [0, 0.1) is 11.3 Å². The lowest BCUT2D eigenvalue weighted by Crippen LogP contribution is -2.43. The number of aromatic nitrogens is 2. The number of benzene rings is 2. The first-order valence-corrected chi connectivity index (χ1v) is 12.0. The number of nitriles is 1. The van der Waals surface area contributed by atoms with Crippen LogP contribution in [0.1, 0.15) is 53.8 Å². The van der Waals surface area contributed by atoms with Crippen LogP contribution in [0.3, 0.4) is 0 Å². The van der Waals surface area contributed by atoms with Crippen LogP contribution in [0.5, 0.6) is 0 Å². The Balaban J connectivity index is 1.26. The number of hydrogen-bond acceptors (Lipinski definition) is 6. The fraction of sp³-hybridized carbons (Fsp3) is 0.333. The summed E-state index contributed by atoms with van der Waals surface area (Å²) < 4.78 is 12.8. The molecular weight excluding hydrogens is 460 g/mol. The Morgan fingerprint density at radius 1 is 1.17 bits per heavy atom. The van der Waals surface area contributed by atoms with Crippen molar-refractivity contribution in [2.24, 2.45) is 0 Å². The number of rotatable bonds is 7. The summed E-state index contributed by atoms with van der Waals surface area (Å²) in [6, 6.07) is 16.7. The van der Waals surface area contributed by atoms with Gasteiger partial charge in [-0.15, -0.1) is 0 Å². The highest BCUT2D eigenvalue weighted by molar-refractivity contribution is 5.81. The van der Waals surface area contributed by atoms with Gasteiger partial charge in [0.25, 0.3) is 0 Å². The van der Waals surface area contributed by atoms with Gasteiger partial charge in [0.15, 0.2) is 5.69 Å². The number of nitrogens with one attached hydrogen (secondary N) is 1. The Morgan fingerprint density at radius 2 is 1.86 bits per heavy atom. The zero-order chi connectivity index (χ0) is 25.1. The Hall–Kier alpha value is -4.16. The molecule has 9 heteroatoms. The minimum absolute atomic E-state index is 0.0760. The first-order valence-electron chi connectivity index (χ1n) is 12.0. The Labute approximate surface area is 208 Å². The molecule has 0 spiro atoms. The molecule has 5 rings (SSSR count). The van der Waals surface area contributed by atoms with Crippen molar-refractivity contribution in [1.29, 1.82) is 5.26 Å². The van der Waals surface area contributed by atoms with Gasteiger partial charge in [-0.3, -0.25) is 0 Å². The molecule has 0 bridgehead atoms. The van der Waals surface area contributed by atoms with Crippen LogP contribution in [-0.2, 0) is 20.7 Å². The van der Waals surface area contributed by atoms with E-state index in [9.17, 15) is 20.0 Å². The summed E-state index contributed by atoms with van der Waals surface area (Å²) in [5.74, 6) is -1.36. The van der Waals surface area contributed by atoms with E-state index < -0.39 is 18.1 Å². The molecule has 0 saturated carbocycles. The van der Waals surface area contributed by atoms with Gasteiger partial charge in [0.1, 0.15) is 24.9 Å². The lowest BCUT2D eigenvalue weighted by atomic mass is 9.98. The van der Waals surface area contributed by atoms with Crippen LogP contribution in [0.4, 0.5) is 4.79 Å². The van der Waals surface area contributed by atoms with Crippen LogP contribution < -0.4 is 5.32 Å². The van der Waals surface area contributed by atoms with Crippen LogP contribution in [-0.4, -0.2) is 46.2 Å². The largest absolute Gasteiger partial charge is 0.480 e. The molecule has 2 aromatic carbocycles. The average Bonchev–Trinajstić information content (AvgIpc) is 3.46. The summed E-state index contributed by atoms with van der Waals surface area (Å²) in [4.78, 5) is 24.6. The van der Waals surface area contributed by atoms with Crippen molar-refractivity contribution >= 4 is 12.1 Å². The molecule has 9 nitrogen and oxygen atoms in total. The number of carboxylic acids is 1. The van der Waals surface area contributed by atoms with E-state index in [2.05, 4.69) is 10.4 Å². The van der Waals surface area contributed by atoms with E-state index in [0.29, 0.717) is 12.2 Å². The van der Waals surface area contributed by atoms with Gasteiger partial charge in [-0.1, -0.05) is 48.5 Å². The molecule has 3 aromatic rings. The van der Waals surface area contributed by atoms with E-state index in [-0.39, 0.29) is 30.9 Å². The molecule has 1 unspecified atom stereocenters. The lowest BCUT2D eigenvalue weighted by Gasteiger charge is -2.22. The molecular formula is C27H26N4O5. The molecule has 0 radical (unpaired) electrons. The number of hydrogen-bond donors (Lipinski definition) is 2. The fourth-order valence-corrected chi connectivity index (χ4v) is 4.96. The van der Waals surface area contributed by atoms with Gasteiger partial charge in [-0.2, -0.15) is 10.4 Å². The van der Waals surface area contributed by atoms with E-state index in [1.165, 1.54) is 0 Å². The second-order valence-corrected chi connectivity index (χ2v) is 8.98.